The second-order valence-corrected chi connectivity index (χ2v) is 5.58. The summed E-state index contributed by atoms with van der Waals surface area (Å²) < 4.78 is 6.98. The molecular formula is C18H20N4O2. The number of fused-ring (bicyclic) bond motifs is 1. The molecule has 2 aromatic rings. The number of rotatable bonds is 5. The Kier molecular flexibility index (Phi) is 4.46. The molecule has 6 heteroatoms. The molecule has 1 aromatic heterocycles. The molecule has 0 radical (unpaired) electrons. The number of allylic oxidation sites excluding steroid dienone is 1. The summed E-state index contributed by atoms with van der Waals surface area (Å²) in [6, 6.07) is 7.81. The van der Waals surface area contributed by atoms with Crippen molar-refractivity contribution >= 4 is 11.9 Å². The maximum absolute atomic E-state index is 12.6. The van der Waals surface area contributed by atoms with E-state index >= 15 is 0 Å². The minimum absolute atomic E-state index is 0.168. The van der Waals surface area contributed by atoms with Gasteiger partial charge in [-0.25, -0.2) is 9.48 Å². The predicted octanol–water partition coefficient (Wildman–Crippen LogP) is 2.86. The Labute approximate surface area is 140 Å². The first-order chi connectivity index (χ1) is 11.7. The van der Waals surface area contributed by atoms with Crippen LogP contribution in [0.1, 0.15) is 31.0 Å². The largest absolute Gasteiger partial charge is 0.458 e. The molecule has 0 amide bonds. The number of aryl methyl sites for hydroxylation is 1. The van der Waals surface area contributed by atoms with E-state index in [1.807, 2.05) is 19.1 Å². The molecule has 1 aliphatic rings. The van der Waals surface area contributed by atoms with Crippen molar-refractivity contribution in [3.63, 3.8) is 0 Å². The van der Waals surface area contributed by atoms with Gasteiger partial charge in [-0.15, -0.1) is 0 Å². The molecule has 0 bridgehead atoms. The zero-order valence-electron chi connectivity index (χ0n) is 13.8. The summed E-state index contributed by atoms with van der Waals surface area (Å²) in [5, 5.41) is 7.40. The first kappa shape index (κ1) is 16.0. The van der Waals surface area contributed by atoms with E-state index in [2.05, 4.69) is 41.0 Å². The molecule has 1 aliphatic heterocycles. The van der Waals surface area contributed by atoms with E-state index < -0.39 is 0 Å². The van der Waals surface area contributed by atoms with Crippen LogP contribution in [0.5, 0.6) is 0 Å². The van der Waals surface area contributed by atoms with Crippen molar-refractivity contribution in [3.8, 4) is 0 Å². The van der Waals surface area contributed by atoms with E-state index in [1.165, 1.54) is 11.9 Å². The Hall–Kier alpha value is -2.89. The summed E-state index contributed by atoms with van der Waals surface area (Å²) >= 11 is 0. The fourth-order valence-electron chi connectivity index (χ4n) is 2.81. The van der Waals surface area contributed by atoms with Crippen LogP contribution in [0.15, 0.2) is 54.5 Å². The van der Waals surface area contributed by atoms with Crippen molar-refractivity contribution in [1.29, 1.82) is 0 Å². The number of hydrogen-bond donors (Lipinski definition) is 1. The molecule has 1 N–H and O–H groups in total. The SMILES string of the molecule is C=CCOC(=O)C1=C(C)Nc2ncnn2[C@@H]1c1ccc(CC)cc1. The highest BCUT2D eigenvalue weighted by Gasteiger charge is 2.34. The predicted molar refractivity (Wildman–Crippen MR) is 91.5 cm³/mol. The highest BCUT2D eigenvalue weighted by atomic mass is 16.5. The molecule has 0 aliphatic carbocycles. The smallest absolute Gasteiger partial charge is 0.338 e. The van der Waals surface area contributed by atoms with Crippen molar-refractivity contribution in [2.75, 3.05) is 11.9 Å². The van der Waals surface area contributed by atoms with Gasteiger partial charge in [-0.2, -0.15) is 10.1 Å². The highest BCUT2D eigenvalue weighted by Crippen LogP contribution is 2.35. The fourth-order valence-corrected chi connectivity index (χ4v) is 2.81. The fraction of sp³-hybridized carbons (Fsp3) is 0.278. The Morgan fingerprint density at radius 3 is 2.83 bits per heavy atom. The number of benzene rings is 1. The normalized spacial score (nSPS) is 16.3. The lowest BCUT2D eigenvalue weighted by Gasteiger charge is -2.28. The van der Waals surface area contributed by atoms with Crippen LogP contribution in [0.2, 0.25) is 0 Å². The molecule has 1 atom stereocenters. The second-order valence-electron chi connectivity index (χ2n) is 5.58. The maximum atomic E-state index is 12.6. The van der Waals surface area contributed by atoms with Crippen LogP contribution in [0, 0.1) is 0 Å². The lowest BCUT2D eigenvalue weighted by Crippen LogP contribution is -2.29. The van der Waals surface area contributed by atoms with Crippen LogP contribution >= 0.6 is 0 Å². The lowest BCUT2D eigenvalue weighted by molar-refractivity contribution is -0.138. The maximum Gasteiger partial charge on any atom is 0.338 e. The zero-order chi connectivity index (χ0) is 17.1. The van der Waals surface area contributed by atoms with Gasteiger partial charge in [0.2, 0.25) is 5.95 Å². The summed E-state index contributed by atoms with van der Waals surface area (Å²) in [6.45, 7) is 7.70. The van der Waals surface area contributed by atoms with Crippen LogP contribution in [0.3, 0.4) is 0 Å². The van der Waals surface area contributed by atoms with E-state index in [4.69, 9.17) is 4.74 Å². The second kappa shape index (κ2) is 6.70. The number of nitrogens with zero attached hydrogens (tertiary/aromatic N) is 3. The van der Waals surface area contributed by atoms with Gasteiger partial charge in [-0.05, 0) is 24.5 Å². The summed E-state index contributed by atoms with van der Waals surface area (Å²) in [5.74, 6) is 0.225. The molecule has 0 saturated heterocycles. The van der Waals surface area contributed by atoms with Crippen molar-refractivity contribution in [3.05, 3.63) is 65.6 Å². The van der Waals surface area contributed by atoms with Gasteiger partial charge in [-0.3, -0.25) is 0 Å². The minimum atomic E-state index is -0.384. The number of hydrogen-bond acceptors (Lipinski definition) is 5. The topological polar surface area (TPSA) is 69.0 Å². The average molecular weight is 324 g/mol. The van der Waals surface area contributed by atoms with Gasteiger partial charge in [0.05, 0.1) is 5.57 Å². The van der Waals surface area contributed by atoms with E-state index in [9.17, 15) is 4.79 Å². The molecule has 0 unspecified atom stereocenters. The zero-order valence-corrected chi connectivity index (χ0v) is 13.8. The Balaban J connectivity index is 2.06. The van der Waals surface area contributed by atoms with Gasteiger partial charge in [0.1, 0.15) is 19.0 Å². The van der Waals surface area contributed by atoms with Gasteiger partial charge in [-0.1, -0.05) is 43.8 Å². The Morgan fingerprint density at radius 2 is 2.17 bits per heavy atom. The van der Waals surface area contributed by atoms with Gasteiger partial charge < -0.3 is 10.1 Å². The Morgan fingerprint density at radius 1 is 1.42 bits per heavy atom. The molecule has 0 fully saturated rings. The third kappa shape index (κ3) is 2.82. The summed E-state index contributed by atoms with van der Waals surface area (Å²) in [7, 11) is 0. The molecule has 1 aromatic carbocycles. The van der Waals surface area contributed by atoms with Crippen LogP contribution in [0.4, 0.5) is 5.95 Å². The number of carbonyl (C=O) groups excluding carboxylic acids is 1. The average Bonchev–Trinajstić information content (AvgIpc) is 3.06. The minimum Gasteiger partial charge on any atom is -0.458 e. The molecule has 0 spiro atoms. The van der Waals surface area contributed by atoms with Crippen molar-refractivity contribution in [1.82, 2.24) is 14.8 Å². The third-order valence-electron chi connectivity index (χ3n) is 4.05. The lowest BCUT2D eigenvalue weighted by atomic mass is 9.95. The molecule has 2 heterocycles. The van der Waals surface area contributed by atoms with E-state index in [0.717, 1.165) is 12.0 Å². The Bertz CT molecular complexity index is 790. The number of aromatic nitrogens is 3. The molecular weight excluding hydrogens is 304 g/mol. The number of carbonyl (C=O) groups is 1. The molecule has 0 saturated carbocycles. The summed E-state index contributed by atoms with van der Waals surface area (Å²) in [6.07, 6.45) is 3.99. The van der Waals surface area contributed by atoms with Crippen LogP contribution in [-0.4, -0.2) is 27.3 Å². The first-order valence-electron chi connectivity index (χ1n) is 7.89. The van der Waals surface area contributed by atoms with Crippen molar-refractivity contribution in [2.45, 2.75) is 26.3 Å². The van der Waals surface area contributed by atoms with E-state index in [-0.39, 0.29) is 18.6 Å². The van der Waals surface area contributed by atoms with Gasteiger partial charge in [0.25, 0.3) is 0 Å². The summed E-state index contributed by atoms with van der Waals surface area (Å²) in [4.78, 5) is 16.8. The number of anilines is 1. The van der Waals surface area contributed by atoms with Crippen molar-refractivity contribution in [2.24, 2.45) is 0 Å². The van der Waals surface area contributed by atoms with Gasteiger partial charge >= 0.3 is 5.97 Å². The van der Waals surface area contributed by atoms with Crippen LogP contribution in [0.25, 0.3) is 0 Å². The van der Waals surface area contributed by atoms with Crippen LogP contribution in [-0.2, 0) is 16.0 Å². The molecule has 3 rings (SSSR count). The quantitative estimate of drug-likeness (QED) is 0.676. The van der Waals surface area contributed by atoms with Gasteiger partial charge in [0, 0.05) is 5.70 Å². The van der Waals surface area contributed by atoms with Crippen molar-refractivity contribution < 1.29 is 9.53 Å². The molecule has 6 nitrogen and oxygen atoms in total. The standard InChI is InChI=1S/C18H20N4O2/c1-4-10-24-17(23)15-12(3)21-18-19-11-20-22(18)16(15)14-8-6-13(5-2)7-9-14/h4,6-9,11,16H,1,5,10H2,2-3H3,(H,19,20,21)/t16-/m1/s1. The number of nitrogens with one attached hydrogen (secondary N) is 1. The van der Waals surface area contributed by atoms with E-state index in [0.29, 0.717) is 17.2 Å². The van der Waals surface area contributed by atoms with Gasteiger partial charge in [0.15, 0.2) is 0 Å². The highest BCUT2D eigenvalue weighted by molar-refractivity contribution is 5.92. The number of ether oxygens (including phenoxy) is 1. The van der Waals surface area contributed by atoms with Crippen LogP contribution < -0.4 is 5.32 Å². The molecule has 24 heavy (non-hydrogen) atoms. The first-order valence-corrected chi connectivity index (χ1v) is 7.89. The molecule has 124 valence electrons. The number of esters is 1. The third-order valence-corrected chi connectivity index (χ3v) is 4.05. The van der Waals surface area contributed by atoms with E-state index in [1.54, 1.807) is 10.8 Å². The monoisotopic (exact) mass is 324 g/mol. The summed E-state index contributed by atoms with van der Waals surface area (Å²) in [5.41, 5.74) is 3.45.